The summed E-state index contributed by atoms with van der Waals surface area (Å²) in [6.07, 6.45) is 2.64. The van der Waals surface area contributed by atoms with Crippen molar-refractivity contribution < 1.29 is 9.53 Å². The van der Waals surface area contributed by atoms with Crippen molar-refractivity contribution in [2.24, 2.45) is 5.92 Å². The lowest BCUT2D eigenvalue weighted by atomic mass is 10.1. The van der Waals surface area contributed by atoms with Crippen molar-refractivity contribution in [3.05, 3.63) is 24.0 Å². The van der Waals surface area contributed by atoms with Gasteiger partial charge in [0.15, 0.2) is 0 Å². The van der Waals surface area contributed by atoms with Crippen LogP contribution in [0.15, 0.2) is 18.3 Å². The normalized spacial score (nSPS) is 19.0. The van der Waals surface area contributed by atoms with Crippen molar-refractivity contribution in [2.75, 3.05) is 32.1 Å². The van der Waals surface area contributed by atoms with Gasteiger partial charge in [0.1, 0.15) is 5.69 Å². The number of hydrogen-bond acceptors (Lipinski definition) is 4. The molecular formula is C12H17N3O2. The molecule has 1 aromatic heterocycles. The zero-order valence-corrected chi connectivity index (χ0v) is 9.90. The molecule has 1 fully saturated rings. The minimum Gasteiger partial charge on any atom is -0.388 e. The van der Waals surface area contributed by atoms with Gasteiger partial charge < -0.3 is 15.4 Å². The molecule has 0 spiro atoms. The van der Waals surface area contributed by atoms with Gasteiger partial charge in [-0.3, -0.25) is 9.78 Å². The zero-order valence-electron chi connectivity index (χ0n) is 9.90. The smallest absolute Gasteiger partial charge is 0.269 e. The zero-order chi connectivity index (χ0) is 12.1. The van der Waals surface area contributed by atoms with Crippen LogP contribution in [0.3, 0.4) is 0 Å². The van der Waals surface area contributed by atoms with Gasteiger partial charge in [0.25, 0.3) is 5.91 Å². The van der Waals surface area contributed by atoms with Gasteiger partial charge >= 0.3 is 0 Å². The molecule has 1 atom stereocenters. The predicted octanol–water partition coefficient (Wildman–Crippen LogP) is 0.890. The number of aromatic nitrogens is 1. The number of hydrogen-bond donors (Lipinski definition) is 2. The highest BCUT2D eigenvalue weighted by atomic mass is 16.5. The Morgan fingerprint density at radius 2 is 2.53 bits per heavy atom. The molecule has 17 heavy (non-hydrogen) atoms. The average Bonchev–Trinajstić information content (AvgIpc) is 2.89. The highest BCUT2D eigenvalue weighted by Gasteiger charge is 2.17. The third kappa shape index (κ3) is 3.17. The maximum Gasteiger partial charge on any atom is 0.269 e. The molecule has 1 unspecified atom stereocenters. The Bertz CT molecular complexity index is 389. The number of rotatable bonds is 4. The second-order valence-electron chi connectivity index (χ2n) is 4.12. The summed E-state index contributed by atoms with van der Waals surface area (Å²) in [6, 6.07) is 3.56. The topological polar surface area (TPSA) is 63.2 Å². The summed E-state index contributed by atoms with van der Waals surface area (Å²) in [5.41, 5.74) is 1.32. The summed E-state index contributed by atoms with van der Waals surface area (Å²) >= 11 is 0. The first-order valence-corrected chi connectivity index (χ1v) is 5.79. The Balaban J connectivity index is 1.89. The van der Waals surface area contributed by atoms with Crippen LogP contribution in [0, 0.1) is 5.92 Å². The number of nitrogens with one attached hydrogen (secondary N) is 2. The van der Waals surface area contributed by atoms with E-state index in [9.17, 15) is 4.79 Å². The molecule has 1 amide bonds. The molecule has 1 aliphatic heterocycles. The van der Waals surface area contributed by atoms with E-state index in [1.807, 2.05) is 13.1 Å². The fourth-order valence-corrected chi connectivity index (χ4v) is 1.78. The molecule has 1 aromatic rings. The number of nitrogens with zero attached hydrogens (tertiary/aromatic N) is 1. The Morgan fingerprint density at radius 3 is 3.24 bits per heavy atom. The number of carbonyl (C=O) groups is 1. The van der Waals surface area contributed by atoms with Crippen molar-refractivity contribution in [3.63, 3.8) is 0 Å². The largest absolute Gasteiger partial charge is 0.388 e. The molecule has 1 saturated heterocycles. The maximum absolute atomic E-state index is 11.8. The van der Waals surface area contributed by atoms with Crippen LogP contribution in [-0.4, -0.2) is 37.7 Å². The van der Waals surface area contributed by atoms with Crippen molar-refractivity contribution in [1.29, 1.82) is 0 Å². The molecule has 0 aliphatic carbocycles. The summed E-state index contributed by atoms with van der Waals surface area (Å²) in [4.78, 5) is 15.9. The van der Waals surface area contributed by atoms with Crippen LogP contribution < -0.4 is 10.6 Å². The molecule has 5 heteroatoms. The van der Waals surface area contributed by atoms with E-state index in [0.29, 0.717) is 18.2 Å². The Morgan fingerprint density at radius 1 is 1.65 bits per heavy atom. The first kappa shape index (κ1) is 11.9. The number of amides is 1. The summed E-state index contributed by atoms with van der Waals surface area (Å²) in [7, 11) is 1.81. The second-order valence-corrected chi connectivity index (χ2v) is 4.12. The quantitative estimate of drug-likeness (QED) is 0.813. The fourth-order valence-electron chi connectivity index (χ4n) is 1.78. The van der Waals surface area contributed by atoms with Crippen LogP contribution in [0.2, 0.25) is 0 Å². The van der Waals surface area contributed by atoms with Crippen molar-refractivity contribution in [3.8, 4) is 0 Å². The lowest BCUT2D eigenvalue weighted by molar-refractivity contribution is 0.0940. The highest BCUT2D eigenvalue weighted by Crippen LogP contribution is 2.11. The van der Waals surface area contributed by atoms with Crippen molar-refractivity contribution >= 4 is 11.6 Å². The predicted molar refractivity (Wildman–Crippen MR) is 65.0 cm³/mol. The fraction of sp³-hybridized carbons (Fsp3) is 0.500. The highest BCUT2D eigenvalue weighted by molar-refractivity contribution is 5.93. The summed E-state index contributed by atoms with van der Waals surface area (Å²) in [5, 5.41) is 5.86. The van der Waals surface area contributed by atoms with Crippen LogP contribution in [0.5, 0.6) is 0 Å². The van der Waals surface area contributed by atoms with E-state index >= 15 is 0 Å². The maximum atomic E-state index is 11.8. The summed E-state index contributed by atoms with van der Waals surface area (Å²) < 4.78 is 5.25. The third-order valence-electron chi connectivity index (χ3n) is 2.86. The Kier molecular flexibility index (Phi) is 3.93. The van der Waals surface area contributed by atoms with Crippen molar-refractivity contribution in [2.45, 2.75) is 6.42 Å². The molecule has 1 aliphatic rings. The van der Waals surface area contributed by atoms with E-state index in [0.717, 1.165) is 25.3 Å². The molecule has 5 nitrogen and oxygen atoms in total. The SMILES string of the molecule is CNc1ccnc(C(=O)NCC2CCOC2)c1. The molecule has 0 aromatic carbocycles. The number of ether oxygens (including phenoxy) is 1. The first-order chi connectivity index (χ1) is 8.29. The minimum absolute atomic E-state index is 0.131. The molecule has 2 rings (SSSR count). The number of pyridine rings is 1. The van der Waals surface area contributed by atoms with Gasteiger partial charge in [-0.25, -0.2) is 0 Å². The van der Waals surface area contributed by atoms with Gasteiger partial charge in [0, 0.05) is 38.0 Å². The van der Waals surface area contributed by atoms with Gasteiger partial charge in [0.2, 0.25) is 0 Å². The lowest BCUT2D eigenvalue weighted by Gasteiger charge is -2.09. The first-order valence-electron chi connectivity index (χ1n) is 5.79. The molecule has 2 heterocycles. The molecule has 92 valence electrons. The molecule has 0 radical (unpaired) electrons. The monoisotopic (exact) mass is 235 g/mol. The lowest BCUT2D eigenvalue weighted by Crippen LogP contribution is -2.30. The van der Waals surface area contributed by atoms with E-state index in [-0.39, 0.29) is 5.91 Å². The van der Waals surface area contributed by atoms with Crippen LogP contribution >= 0.6 is 0 Å². The average molecular weight is 235 g/mol. The van der Waals surface area contributed by atoms with Gasteiger partial charge in [-0.2, -0.15) is 0 Å². The van der Waals surface area contributed by atoms with Crippen LogP contribution in [0.1, 0.15) is 16.9 Å². The van der Waals surface area contributed by atoms with Gasteiger partial charge in [0.05, 0.1) is 6.61 Å². The van der Waals surface area contributed by atoms with Crippen molar-refractivity contribution in [1.82, 2.24) is 10.3 Å². The van der Waals surface area contributed by atoms with Gasteiger partial charge in [-0.1, -0.05) is 0 Å². The third-order valence-corrected chi connectivity index (χ3v) is 2.86. The van der Waals surface area contributed by atoms with E-state index < -0.39 is 0 Å². The number of anilines is 1. The standard InChI is InChI=1S/C12H17N3O2/c1-13-10-2-4-14-11(6-10)12(16)15-7-9-3-5-17-8-9/h2,4,6,9H,3,5,7-8H2,1H3,(H,13,14)(H,15,16). The van der Waals surface area contributed by atoms with Gasteiger partial charge in [-0.15, -0.1) is 0 Å². The van der Waals surface area contributed by atoms with E-state index in [2.05, 4.69) is 15.6 Å². The Hall–Kier alpha value is -1.62. The van der Waals surface area contributed by atoms with E-state index in [1.165, 1.54) is 0 Å². The van der Waals surface area contributed by atoms with Crippen LogP contribution in [0.4, 0.5) is 5.69 Å². The minimum atomic E-state index is -0.131. The van der Waals surface area contributed by atoms with Crippen LogP contribution in [-0.2, 0) is 4.74 Å². The second kappa shape index (κ2) is 5.63. The molecule has 0 bridgehead atoms. The van der Waals surface area contributed by atoms with E-state index in [4.69, 9.17) is 4.74 Å². The number of carbonyl (C=O) groups excluding carboxylic acids is 1. The van der Waals surface area contributed by atoms with Gasteiger partial charge in [-0.05, 0) is 18.6 Å². The Labute approximate surface area is 101 Å². The molecule has 2 N–H and O–H groups in total. The summed E-state index contributed by atoms with van der Waals surface area (Å²) in [6.45, 7) is 2.20. The van der Waals surface area contributed by atoms with E-state index in [1.54, 1.807) is 12.3 Å². The molecular weight excluding hydrogens is 218 g/mol. The molecule has 0 saturated carbocycles. The van der Waals surface area contributed by atoms with Crippen LogP contribution in [0.25, 0.3) is 0 Å². The summed E-state index contributed by atoms with van der Waals surface area (Å²) in [5.74, 6) is 0.306.